The summed E-state index contributed by atoms with van der Waals surface area (Å²) in [6, 6.07) is 8.05. The third-order valence-corrected chi connectivity index (χ3v) is 4.44. The number of carbonyl (C=O) groups excluding carboxylic acids is 1. The van der Waals surface area contributed by atoms with E-state index in [4.69, 9.17) is 15.2 Å². The van der Waals surface area contributed by atoms with Gasteiger partial charge in [-0.3, -0.25) is 0 Å². The lowest BCUT2D eigenvalue weighted by atomic mass is 10.1. The molecule has 23 heavy (non-hydrogen) atoms. The van der Waals surface area contributed by atoms with Gasteiger partial charge in [0, 0.05) is 0 Å². The highest BCUT2D eigenvalue weighted by atomic mass is 32.1. The molecule has 0 aliphatic rings. The average Bonchev–Trinajstić information content (AvgIpc) is 2.82. The van der Waals surface area contributed by atoms with Crippen LogP contribution < -0.4 is 10.5 Å². The molecule has 0 bridgehead atoms. The Labute approximate surface area is 139 Å². The predicted molar refractivity (Wildman–Crippen MR) is 89.7 cm³/mol. The van der Waals surface area contributed by atoms with E-state index in [0.29, 0.717) is 11.7 Å². The summed E-state index contributed by atoms with van der Waals surface area (Å²) < 4.78 is 10.7. The number of aryl methyl sites for hydroxylation is 2. The zero-order chi connectivity index (χ0) is 17.0. The van der Waals surface area contributed by atoms with Crippen LogP contribution in [-0.4, -0.2) is 12.6 Å². The second-order valence-electron chi connectivity index (χ2n) is 5.06. The Morgan fingerprint density at radius 1 is 1.39 bits per heavy atom. The second kappa shape index (κ2) is 7.16. The van der Waals surface area contributed by atoms with E-state index in [1.165, 1.54) is 5.56 Å². The maximum atomic E-state index is 11.9. The third-order valence-electron chi connectivity index (χ3n) is 3.34. The highest BCUT2D eigenvalue weighted by molar-refractivity contribution is 7.16. The fourth-order valence-corrected chi connectivity index (χ4v) is 3.04. The van der Waals surface area contributed by atoms with Gasteiger partial charge in [-0.2, -0.15) is 5.26 Å². The molecule has 1 aromatic heterocycles. The molecule has 0 saturated heterocycles. The normalized spacial score (nSPS) is 10.2. The van der Waals surface area contributed by atoms with Crippen molar-refractivity contribution in [2.24, 2.45) is 0 Å². The number of thiophene rings is 1. The molecule has 0 radical (unpaired) electrons. The van der Waals surface area contributed by atoms with Gasteiger partial charge in [-0.1, -0.05) is 35.1 Å². The fourth-order valence-electron chi connectivity index (χ4n) is 2.13. The van der Waals surface area contributed by atoms with Crippen molar-refractivity contribution in [2.45, 2.75) is 27.4 Å². The molecule has 1 aromatic carbocycles. The highest BCUT2D eigenvalue weighted by Crippen LogP contribution is 2.38. The molecule has 0 fully saturated rings. The van der Waals surface area contributed by atoms with Crippen molar-refractivity contribution in [3.05, 3.63) is 45.3 Å². The van der Waals surface area contributed by atoms with Crippen LogP contribution in [0.4, 0.5) is 5.69 Å². The van der Waals surface area contributed by atoms with Gasteiger partial charge >= 0.3 is 5.97 Å². The van der Waals surface area contributed by atoms with Crippen molar-refractivity contribution in [3.8, 4) is 11.1 Å². The van der Waals surface area contributed by atoms with E-state index >= 15 is 0 Å². The summed E-state index contributed by atoms with van der Waals surface area (Å²) in [5.74, 6) is -0.534. The van der Waals surface area contributed by atoms with Crippen LogP contribution in [0.1, 0.15) is 38.8 Å². The molecular formula is C17H18N2O3S. The predicted octanol–water partition coefficient (Wildman–Crippen LogP) is 3.57. The summed E-state index contributed by atoms with van der Waals surface area (Å²) >= 11 is 1.04. The van der Waals surface area contributed by atoms with Crippen LogP contribution >= 0.6 is 11.3 Å². The van der Waals surface area contributed by atoms with Gasteiger partial charge in [0.2, 0.25) is 0 Å². The van der Waals surface area contributed by atoms with Crippen molar-refractivity contribution in [1.82, 2.24) is 0 Å². The van der Waals surface area contributed by atoms with E-state index in [-0.39, 0.29) is 22.7 Å². The number of rotatable bonds is 5. The number of hydrogen-bond acceptors (Lipinski definition) is 6. The molecular weight excluding hydrogens is 312 g/mol. The van der Waals surface area contributed by atoms with Crippen LogP contribution in [0.5, 0.6) is 5.06 Å². The van der Waals surface area contributed by atoms with Crippen LogP contribution in [0, 0.1) is 25.2 Å². The van der Waals surface area contributed by atoms with Gasteiger partial charge in [-0.15, -0.1) is 0 Å². The van der Waals surface area contributed by atoms with Gasteiger partial charge in [0.15, 0.2) is 5.06 Å². The molecule has 6 heteroatoms. The number of benzene rings is 1. The second-order valence-corrected chi connectivity index (χ2v) is 6.04. The number of anilines is 1. The topological polar surface area (TPSA) is 85.3 Å². The first-order valence-electron chi connectivity index (χ1n) is 7.16. The number of nitrogen functional groups attached to an aromatic ring is 1. The van der Waals surface area contributed by atoms with E-state index in [1.54, 1.807) is 6.92 Å². The Kier molecular flexibility index (Phi) is 5.24. The SMILES string of the molecule is CCOC(=O)c1sc(OCc2ccc(C)cc2C)c(C#N)c1N. The minimum absolute atomic E-state index is 0.117. The van der Waals surface area contributed by atoms with Gasteiger partial charge in [0.1, 0.15) is 23.1 Å². The molecule has 2 rings (SSSR count). The molecule has 0 amide bonds. The van der Waals surface area contributed by atoms with Crippen molar-refractivity contribution < 1.29 is 14.3 Å². The van der Waals surface area contributed by atoms with E-state index in [1.807, 2.05) is 32.0 Å². The minimum Gasteiger partial charge on any atom is -0.478 e. The number of nitrogens with two attached hydrogens (primary N) is 1. The fraction of sp³-hybridized carbons (Fsp3) is 0.294. The molecule has 1 heterocycles. The Bertz CT molecular complexity index is 775. The summed E-state index contributed by atoms with van der Waals surface area (Å²) in [5.41, 5.74) is 9.47. The zero-order valence-corrected chi connectivity index (χ0v) is 14.1. The van der Waals surface area contributed by atoms with Crippen LogP contribution in [0.15, 0.2) is 18.2 Å². The van der Waals surface area contributed by atoms with Crippen LogP contribution in [0.25, 0.3) is 0 Å². The molecule has 0 spiro atoms. The lowest BCUT2D eigenvalue weighted by molar-refractivity contribution is 0.0533. The standard InChI is InChI=1S/C17H18N2O3S/c1-4-21-16(20)15-14(19)13(8-18)17(23-15)22-9-12-6-5-10(2)7-11(12)3/h5-7H,4,9,19H2,1-3H3. The molecule has 0 aliphatic carbocycles. The first-order chi connectivity index (χ1) is 11.0. The molecule has 2 N–H and O–H groups in total. The molecule has 120 valence electrons. The zero-order valence-electron chi connectivity index (χ0n) is 13.3. The number of nitriles is 1. The Balaban J connectivity index is 2.24. The first kappa shape index (κ1) is 16.8. The van der Waals surface area contributed by atoms with Crippen LogP contribution in [0.3, 0.4) is 0 Å². The van der Waals surface area contributed by atoms with Gasteiger partial charge < -0.3 is 15.2 Å². The monoisotopic (exact) mass is 330 g/mol. The largest absolute Gasteiger partial charge is 0.478 e. The number of ether oxygens (including phenoxy) is 2. The third kappa shape index (κ3) is 3.63. The lowest BCUT2D eigenvalue weighted by Gasteiger charge is -2.08. The number of nitrogens with zero attached hydrogens (tertiary/aromatic N) is 1. The van der Waals surface area contributed by atoms with Gasteiger partial charge in [-0.05, 0) is 31.9 Å². The van der Waals surface area contributed by atoms with E-state index in [9.17, 15) is 10.1 Å². The maximum absolute atomic E-state index is 11.9. The van der Waals surface area contributed by atoms with E-state index in [2.05, 4.69) is 6.07 Å². The Hall–Kier alpha value is -2.52. The highest BCUT2D eigenvalue weighted by Gasteiger charge is 2.23. The van der Waals surface area contributed by atoms with Crippen LogP contribution in [0.2, 0.25) is 0 Å². The molecule has 0 unspecified atom stereocenters. The van der Waals surface area contributed by atoms with Gasteiger partial charge in [-0.25, -0.2) is 4.79 Å². The molecule has 0 saturated carbocycles. The lowest BCUT2D eigenvalue weighted by Crippen LogP contribution is -2.05. The summed E-state index contributed by atoms with van der Waals surface area (Å²) in [4.78, 5) is 12.1. The smallest absolute Gasteiger partial charge is 0.350 e. The van der Waals surface area contributed by atoms with Crippen molar-refractivity contribution in [1.29, 1.82) is 5.26 Å². The Morgan fingerprint density at radius 3 is 2.74 bits per heavy atom. The number of carbonyl (C=O) groups is 1. The van der Waals surface area contributed by atoms with Gasteiger partial charge in [0.25, 0.3) is 0 Å². The molecule has 0 aliphatic heterocycles. The van der Waals surface area contributed by atoms with E-state index in [0.717, 1.165) is 22.5 Å². The quantitative estimate of drug-likeness (QED) is 0.847. The summed E-state index contributed by atoms with van der Waals surface area (Å²) in [7, 11) is 0. The van der Waals surface area contributed by atoms with Crippen LogP contribution in [-0.2, 0) is 11.3 Å². The molecule has 2 aromatic rings. The number of hydrogen-bond donors (Lipinski definition) is 1. The van der Waals surface area contributed by atoms with Crippen molar-refractivity contribution in [3.63, 3.8) is 0 Å². The minimum atomic E-state index is -0.534. The average molecular weight is 330 g/mol. The molecule has 0 atom stereocenters. The van der Waals surface area contributed by atoms with E-state index < -0.39 is 5.97 Å². The Morgan fingerprint density at radius 2 is 2.13 bits per heavy atom. The van der Waals surface area contributed by atoms with Gasteiger partial charge in [0.05, 0.1) is 12.3 Å². The summed E-state index contributed by atoms with van der Waals surface area (Å²) in [6.45, 7) is 6.30. The summed E-state index contributed by atoms with van der Waals surface area (Å²) in [6.07, 6.45) is 0. The van der Waals surface area contributed by atoms with Crippen molar-refractivity contribution in [2.75, 3.05) is 12.3 Å². The summed E-state index contributed by atoms with van der Waals surface area (Å²) in [5, 5.41) is 9.60. The maximum Gasteiger partial charge on any atom is 0.350 e. The van der Waals surface area contributed by atoms with Crippen molar-refractivity contribution >= 4 is 23.0 Å². The molecule has 5 nitrogen and oxygen atoms in total. The first-order valence-corrected chi connectivity index (χ1v) is 7.98. The number of esters is 1.